The van der Waals surface area contributed by atoms with Gasteiger partial charge in [-0.05, 0) is 6.07 Å². The average molecular weight is 273 g/mol. The van der Waals surface area contributed by atoms with Gasteiger partial charge in [-0.3, -0.25) is 4.57 Å². The third-order valence-electron chi connectivity index (χ3n) is 3.16. The molecule has 1 fully saturated rings. The van der Waals surface area contributed by atoms with Gasteiger partial charge >= 0.3 is 5.69 Å². The summed E-state index contributed by atoms with van der Waals surface area (Å²) in [6.45, 7) is -1.36. The molecule has 0 unspecified atom stereocenters. The number of aliphatic hydroxyl groups excluding tert-OH is 4. The molecular weight excluding hydrogens is 258 g/mol. The van der Waals surface area contributed by atoms with Gasteiger partial charge in [0.1, 0.15) is 24.1 Å². The van der Waals surface area contributed by atoms with Crippen LogP contribution in [0.3, 0.4) is 0 Å². The third-order valence-corrected chi connectivity index (χ3v) is 3.16. The standard InChI is InChI=1S/C10H15N3O6/c11-6-1-2-13(9(18)12-6)10(4-15)8(17)7(16)5(3-14)19-10/h1-2,5,7-8,14-17H,3-4H2,(H2,11,12,18)/t5-,7-,8-,10-/m1/s1. The molecule has 1 aromatic rings. The Bertz CT molecular complexity index is 520. The van der Waals surface area contributed by atoms with Gasteiger partial charge in [0.05, 0.1) is 13.2 Å². The maximum Gasteiger partial charge on any atom is 0.352 e. The van der Waals surface area contributed by atoms with Crippen LogP contribution in [0.25, 0.3) is 0 Å². The van der Waals surface area contributed by atoms with Crippen molar-refractivity contribution in [2.75, 3.05) is 18.9 Å². The number of nitrogens with zero attached hydrogens (tertiary/aromatic N) is 2. The number of rotatable bonds is 3. The van der Waals surface area contributed by atoms with E-state index in [9.17, 15) is 20.1 Å². The smallest absolute Gasteiger partial charge is 0.352 e. The van der Waals surface area contributed by atoms with E-state index < -0.39 is 42.9 Å². The minimum absolute atomic E-state index is 0.0268. The van der Waals surface area contributed by atoms with Crippen molar-refractivity contribution < 1.29 is 25.2 Å². The molecule has 0 amide bonds. The summed E-state index contributed by atoms with van der Waals surface area (Å²) in [6, 6.07) is 1.29. The topological polar surface area (TPSA) is 151 Å². The maximum absolute atomic E-state index is 11.8. The van der Waals surface area contributed by atoms with Crippen LogP contribution < -0.4 is 11.4 Å². The van der Waals surface area contributed by atoms with E-state index in [1.807, 2.05) is 0 Å². The van der Waals surface area contributed by atoms with Crippen LogP contribution in [0.1, 0.15) is 0 Å². The summed E-state index contributed by atoms with van der Waals surface area (Å²) in [5, 5.41) is 38.2. The summed E-state index contributed by atoms with van der Waals surface area (Å²) in [5.41, 5.74) is 2.60. The SMILES string of the molecule is Nc1ccn([C@]2(CO)O[C@H](CO)[C@@H](O)[C@H]2O)c(=O)n1. The first-order valence-electron chi connectivity index (χ1n) is 5.57. The first-order valence-corrected chi connectivity index (χ1v) is 5.57. The summed E-state index contributed by atoms with van der Waals surface area (Å²) >= 11 is 0. The van der Waals surface area contributed by atoms with E-state index in [0.29, 0.717) is 0 Å². The van der Waals surface area contributed by atoms with Crippen molar-refractivity contribution in [2.24, 2.45) is 0 Å². The molecule has 9 heteroatoms. The average Bonchev–Trinajstić information content (AvgIpc) is 2.64. The first kappa shape index (κ1) is 13.9. The van der Waals surface area contributed by atoms with Crippen molar-refractivity contribution in [3.05, 3.63) is 22.7 Å². The van der Waals surface area contributed by atoms with Crippen LogP contribution in [-0.4, -0.2) is 61.5 Å². The quantitative estimate of drug-likeness (QED) is 0.382. The van der Waals surface area contributed by atoms with Crippen LogP contribution in [0.5, 0.6) is 0 Å². The Morgan fingerprint density at radius 3 is 2.63 bits per heavy atom. The monoisotopic (exact) mass is 273 g/mol. The van der Waals surface area contributed by atoms with Crippen LogP contribution in [0.4, 0.5) is 5.82 Å². The molecule has 0 aromatic carbocycles. The number of nitrogen functional groups attached to an aromatic ring is 1. The largest absolute Gasteiger partial charge is 0.394 e. The molecule has 1 aliphatic heterocycles. The predicted molar refractivity (Wildman–Crippen MR) is 61.9 cm³/mol. The first-order chi connectivity index (χ1) is 8.96. The highest BCUT2D eigenvalue weighted by atomic mass is 16.6. The summed E-state index contributed by atoms with van der Waals surface area (Å²) in [5.74, 6) is -0.0268. The molecule has 0 aliphatic carbocycles. The Hall–Kier alpha value is -1.52. The van der Waals surface area contributed by atoms with Crippen LogP contribution in [0.2, 0.25) is 0 Å². The Balaban J connectivity index is 2.52. The van der Waals surface area contributed by atoms with Crippen LogP contribution in [0, 0.1) is 0 Å². The van der Waals surface area contributed by atoms with Gasteiger partial charge in [0.25, 0.3) is 0 Å². The Morgan fingerprint density at radius 2 is 2.16 bits per heavy atom. The number of aliphatic hydroxyl groups is 4. The summed E-state index contributed by atoms with van der Waals surface area (Å²) in [6.07, 6.45) is -2.97. The summed E-state index contributed by atoms with van der Waals surface area (Å²) < 4.78 is 6.10. The number of nitrogens with two attached hydrogens (primary N) is 1. The highest BCUT2D eigenvalue weighted by Crippen LogP contribution is 2.34. The lowest BCUT2D eigenvalue weighted by Crippen LogP contribution is -2.53. The molecule has 0 spiro atoms. The van der Waals surface area contributed by atoms with Crippen LogP contribution in [-0.2, 0) is 10.5 Å². The van der Waals surface area contributed by atoms with Crippen molar-refractivity contribution in [2.45, 2.75) is 24.0 Å². The van der Waals surface area contributed by atoms with E-state index in [2.05, 4.69) is 4.98 Å². The molecule has 19 heavy (non-hydrogen) atoms. The second kappa shape index (κ2) is 4.87. The molecule has 9 nitrogen and oxygen atoms in total. The van der Waals surface area contributed by atoms with E-state index in [4.69, 9.17) is 15.6 Å². The molecule has 0 radical (unpaired) electrons. The predicted octanol–water partition coefficient (Wildman–Crippen LogP) is -3.42. The zero-order valence-corrected chi connectivity index (χ0v) is 9.88. The van der Waals surface area contributed by atoms with E-state index >= 15 is 0 Å². The fourth-order valence-corrected chi connectivity index (χ4v) is 2.13. The number of aromatic nitrogens is 2. The highest BCUT2D eigenvalue weighted by molar-refractivity contribution is 5.24. The normalized spacial score (nSPS) is 34.6. The second-order valence-electron chi connectivity index (χ2n) is 4.28. The van der Waals surface area contributed by atoms with Crippen molar-refractivity contribution in [3.63, 3.8) is 0 Å². The molecule has 0 bridgehead atoms. The Labute approximate surface area is 107 Å². The number of anilines is 1. The van der Waals surface area contributed by atoms with Crippen molar-refractivity contribution >= 4 is 5.82 Å². The molecule has 1 saturated heterocycles. The molecule has 1 aliphatic rings. The van der Waals surface area contributed by atoms with Gasteiger partial charge in [0, 0.05) is 6.20 Å². The van der Waals surface area contributed by atoms with Gasteiger partial charge < -0.3 is 30.9 Å². The lowest BCUT2D eigenvalue weighted by Gasteiger charge is -2.31. The Kier molecular flexibility index (Phi) is 3.56. The van der Waals surface area contributed by atoms with Crippen molar-refractivity contribution in [1.82, 2.24) is 9.55 Å². The van der Waals surface area contributed by atoms with Gasteiger partial charge in [0.2, 0.25) is 5.72 Å². The summed E-state index contributed by atoms with van der Waals surface area (Å²) in [4.78, 5) is 15.2. The molecule has 6 N–H and O–H groups in total. The fraction of sp³-hybridized carbons (Fsp3) is 0.600. The molecule has 2 heterocycles. The lowest BCUT2D eigenvalue weighted by atomic mass is 10.0. The summed E-state index contributed by atoms with van der Waals surface area (Å²) in [7, 11) is 0. The van der Waals surface area contributed by atoms with E-state index in [0.717, 1.165) is 4.57 Å². The van der Waals surface area contributed by atoms with Crippen LogP contribution in [0.15, 0.2) is 17.1 Å². The second-order valence-corrected chi connectivity index (χ2v) is 4.28. The maximum atomic E-state index is 11.8. The van der Waals surface area contributed by atoms with Crippen molar-refractivity contribution in [3.8, 4) is 0 Å². The van der Waals surface area contributed by atoms with Gasteiger partial charge in [0.15, 0.2) is 0 Å². The van der Waals surface area contributed by atoms with E-state index in [-0.39, 0.29) is 5.82 Å². The molecule has 0 saturated carbocycles. The minimum Gasteiger partial charge on any atom is -0.394 e. The lowest BCUT2D eigenvalue weighted by molar-refractivity contribution is -0.174. The molecule has 2 rings (SSSR count). The zero-order chi connectivity index (χ0) is 14.2. The van der Waals surface area contributed by atoms with Gasteiger partial charge in [-0.15, -0.1) is 0 Å². The van der Waals surface area contributed by atoms with Gasteiger partial charge in [-0.1, -0.05) is 0 Å². The molecule has 1 aromatic heterocycles. The number of hydrogen-bond acceptors (Lipinski definition) is 8. The number of ether oxygens (including phenoxy) is 1. The molecular formula is C10H15N3O6. The molecule has 4 atom stereocenters. The van der Waals surface area contributed by atoms with E-state index in [1.54, 1.807) is 0 Å². The van der Waals surface area contributed by atoms with Crippen molar-refractivity contribution in [1.29, 1.82) is 0 Å². The fourth-order valence-electron chi connectivity index (χ4n) is 2.13. The van der Waals surface area contributed by atoms with Gasteiger partial charge in [-0.25, -0.2) is 4.79 Å². The van der Waals surface area contributed by atoms with Crippen LogP contribution >= 0.6 is 0 Å². The molecule has 106 valence electrons. The zero-order valence-electron chi connectivity index (χ0n) is 9.88. The minimum atomic E-state index is -1.90. The third kappa shape index (κ3) is 2.01. The Morgan fingerprint density at radius 1 is 1.47 bits per heavy atom. The van der Waals surface area contributed by atoms with Gasteiger partial charge in [-0.2, -0.15) is 4.98 Å². The van der Waals surface area contributed by atoms with E-state index in [1.165, 1.54) is 12.3 Å². The highest BCUT2D eigenvalue weighted by Gasteiger charge is 2.55. The number of hydrogen-bond donors (Lipinski definition) is 5.